The first kappa shape index (κ1) is 15.5. The second-order valence-electron chi connectivity index (χ2n) is 5.10. The fourth-order valence-corrected chi connectivity index (χ4v) is 3.03. The van der Waals surface area contributed by atoms with Crippen LogP contribution in [-0.2, 0) is 13.6 Å². The van der Waals surface area contributed by atoms with E-state index in [9.17, 15) is 0 Å². The van der Waals surface area contributed by atoms with Gasteiger partial charge < -0.3 is 9.88 Å². The fraction of sp³-hybridized carbons (Fsp3) is 0.429. The van der Waals surface area contributed by atoms with Gasteiger partial charge in [0.05, 0.1) is 0 Å². The van der Waals surface area contributed by atoms with E-state index in [0.29, 0.717) is 5.92 Å². The lowest BCUT2D eigenvalue weighted by Gasteiger charge is -2.12. The predicted octanol–water partition coefficient (Wildman–Crippen LogP) is 3.47. The van der Waals surface area contributed by atoms with Gasteiger partial charge in [-0.2, -0.15) is 0 Å². The first-order valence-electron chi connectivity index (χ1n) is 6.57. The number of aromatic nitrogens is 3. The van der Waals surface area contributed by atoms with Gasteiger partial charge in [0.25, 0.3) is 0 Å². The summed E-state index contributed by atoms with van der Waals surface area (Å²) in [5, 5.41) is 12.4. The van der Waals surface area contributed by atoms with Gasteiger partial charge in [-0.1, -0.05) is 29.8 Å². The summed E-state index contributed by atoms with van der Waals surface area (Å²) in [6, 6.07) is 6.34. The number of halogens is 1. The highest BCUT2D eigenvalue weighted by molar-refractivity contribution is 9.10. The molecule has 0 saturated heterocycles. The molecular formula is C14H19BrN4S. The van der Waals surface area contributed by atoms with Crippen LogP contribution in [0.1, 0.15) is 19.4 Å². The number of nitrogens with one attached hydrogen (secondary N) is 1. The Morgan fingerprint density at radius 1 is 1.40 bits per heavy atom. The number of benzene rings is 1. The number of rotatable bonds is 6. The average molecular weight is 355 g/mol. The standard InChI is InChI=1S/C14H19BrN4S/c1-10(2)7-16-8-11-6-12(15)4-5-13(11)20-14-18-17-9-19(14)3/h4-6,9-10,16H,7-8H2,1-3H3. The minimum absolute atomic E-state index is 0.650. The number of nitrogens with zero attached hydrogens (tertiary/aromatic N) is 3. The highest BCUT2D eigenvalue weighted by Gasteiger charge is 2.09. The third kappa shape index (κ3) is 4.33. The molecule has 2 aromatic rings. The van der Waals surface area contributed by atoms with Crippen molar-refractivity contribution in [3.8, 4) is 0 Å². The molecule has 6 heteroatoms. The maximum atomic E-state index is 4.13. The molecule has 0 aliphatic rings. The molecule has 0 bridgehead atoms. The summed E-state index contributed by atoms with van der Waals surface area (Å²) < 4.78 is 3.03. The van der Waals surface area contributed by atoms with Crippen LogP contribution in [0, 0.1) is 5.92 Å². The second kappa shape index (κ2) is 7.24. The Hall–Kier alpha value is -0.850. The number of aryl methyl sites for hydroxylation is 1. The topological polar surface area (TPSA) is 42.7 Å². The number of hydrogen-bond acceptors (Lipinski definition) is 4. The lowest BCUT2D eigenvalue weighted by molar-refractivity contribution is 0.550. The summed E-state index contributed by atoms with van der Waals surface area (Å²) in [6.45, 7) is 6.30. The van der Waals surface area contributed by atoms with Crippen molar-refractivity contribution < 1.29 is 0 Å². The third-order valence-electron chi connectivity index (χ3n) is 2.76. The van der Waals surface area contributed by atoms with Crippen LogP contribution in [0.15, 0.2) is 39.1 Å². The van der Waals surface area contributed by atoms with E-state index in [0.717, 1.165) is 22.7 Å². The molecule has 1 aromatic carbocycles. The normalized spacial score (nSPS) is 11.2. The summed E-state index contributed by atoms with van der Waals surface area (Å²) in [6.07, 6.45) is 1.72. The van der Waals surface area contributed by atoms with E-state index in [4.69, 9.17) is 0 Å². The van der Waals surface area contributed by atoms with E-state index < -0.39 is 0 Å². The molecule has 0 aliphatic carbocycles. The van der Waals surface area contributed by atoms with Gasteiger partial charge in [-0.3, -0.25) is 0 Å². The van der Waals surface area contributed by atoms with Gasteiger partial charge in [-0.05, 0) is 48.0 Å². The zero-order valence-corrected chi connectivity index (χ0v) is 14.3. The molecule has 2 rings (SSSR count). The van der Waals surface area contributed by atoms with E-state index in [1.54, 1.807) is 18.1 Å². The van der Waals surface area contributed by atoms with Crippen LogP contribution >= 0.6 is 27.7 Å². The summed E-state index contributed by atoms with van der Waals surface area (Å²) in [5.74, 6) is 0.650. The van der Waals surface area contributed by atoms with Gasteiger partial charge in [-0.25, -0.2) is 0 Å². The minimum Gasteiger partial charge on any atom is -0.312 e. The molecule has 0 fully saturated rings. The summed E-state index contributed by atoms with van der Waals surface area (Å²) in [7, 11) is 1.96. The highest BCUT2D eigenvalue weighted by Crippen LogP contribution is 2.30. The van der Waals surface area contributed by atoms with E-state index in [-0.39, 0.29) is 0 Å². The van der Waals surface area contributed by atoms with Crippen LogP contribution in [0.3, 0.4) is 0 Å². The summed E-state index contributed by atoms with van der Waals surface area (Å²) >= 11 is 5.18. The minimum atomic E-state index is 0.650. The Kier molecular flexibility index (Phi) is 5.63. The van der Waals surface area contributed by atoms with Crippen molar-refractivity contribution in [1.29, 1.82) is 0 Å². The van der Waals surface area contributed by atoms with Gasteiger partial charge in [0.2, 0.25) is 0 Å². The molecule has 0 saturated carbocycles. The molecule has 1 heterocycles. The van der Waals surface area contributed by atoms with Crippen molar-refractivity contribution in [2.24, 2.45) is 13.0 Å². The van der Waals surface area contributed by atoms with Crippen molar-refractivity contribution >= 4 is 27.7 Å². The molecule has 20 heavy (non-hydrogen) atoms. The zero-order chi connectivity index (χ0) is 14.5. The van der Waals surface area contributed by atoms with Crippen molar-refractivity contribution in [3.63, 3.8) is 0 Å². The maximum absolute atomic E-state index is 4.13. The SMILES string of the molecule is CC(C)CNCc1cc(Br)ccc1Sc1nncn1C. The summed E-state index contributed by atoms with van der Waals surface area (Å²) in [5.41, 5.74) is 1.27. The van der Waals surface area contributed by atoms with Gasteiger partial charge in [-0.15, -0.1) is 10.2 Å². The Labute approximate surface area is 132 Å². The van der Waals surface area contributed by atoms with E-state index in [1.807, 2.05) is 11.6 Å². The van der Waals surface area contributed by atoms with E-state index in [1.165, 1.54) is 10.5 Å². The molecule has 0 amide bonds. The Bertz CT molecular complexity index is 568. The van der Waals surface area contributed by atoms with Gasteiger partial charge in [0, 0.05) is 23.0 Å². The van der Waals surface area contributed by atoms with Crippen molar-refractivity contribution in [2.45, 2.75) is 30.4 Å². The molecule has 1 aromatic heterocycles. The third-order valence-corrected chi connectivity index (χ3v) is 4.43. The van der Waals surface area contributed by atoms with Gasteiger partial charge in [0.1, 0.15) is 6.33 Å². The fourth-order valence-electron chi connectivity index (χ4n) is 1.74. The molecule has 0 radical (unpaired) electrons. The lowest BCUT2D eigenvalue weighted by atomic mass is 10.2. The molecular weight excluding hydrogens is 336 g/mol. The van der Waals surface area contributed by atoms with Crippen molar-refractivity contribution in [3.05, 3.63) is 34.6 Å². The van der Waals surface area contributed by atoms with Crippen molar-refractivity contribution in [2.75, 3.05) is 6.54 Å². The van der Waals surface area contributed by atoms with Gasteiger partial charge >= 0.3 is 0 Å². The summed E-state index contributed by atoms with van der Waals surface area (Å²) in [4.78, 5) is 1.21. The van der Waals surface area contributed by atoms with Crippen LogP contribution in [-0.4, -0.2) is 21.3 Å². The second-order valence-corrected chi connectivity index (χ2v) is 7.03. The molecule has 0 atom stereocenters. The van der Waals surface area contributed by atoms with Crippen LogP contribution in [0.2, 0.25) is 0 Å². The molecule has 0 unspecified atom stereocenters. The number of hydrogen-bond donors (Lipinski definition) is 1. The first-order chi connectivity index (χ1) is 9.56. The van der Waals surface area contributed by atoms with Crippen LogP contribution in [0.4, 0.5) is 0 Å². The maximum Gasteiger partial charge on any atom is 0.195 e. The van der Waals surface area contributed by atoms with Crippen LogP contribution < -0.4 is 5.32 Å². The molecule has 4 nitrogen and oxygen atoms in total. The lowest BCUT2D eigenvalue weighted by Crippen LogP contribution is -2.19. The molecule has 0 spiro atoms. The predicted molar refractivity (Wildman–Crippen MR) is 85.8 cm³/mol. The smallest absolute Gasteiger partial charge is 0.195 e. The molecule has 1 N–H and O–H groups in total. The Morgan fingerprint density at radius 3 is 2.85 bits per heavy atom. The van der Waals surface area contributed by atoms with E-state index >= 15 is 0 Å². The quantitative estimate of drug-likeness (QED) is 0.862. The van der Waals surface area contributed by atoms with Crippen LogP contribution in [0.25, 0.3) is 0 Å². The Balaban J connectivity index is 2.13. The van der Waals surface area contributed by atoms with Crippen LogP contribution in [0.5, 0.6) is 0 Å². The van der Waals surface area contributed by atoms with E-state index in [2.05, 4.69) is 63.5 Å². The van der Waals surface area contributed by atoms with Gasteiger partial charge in [0.15, 0.2) is 5.16 Å². The zero-order valence-electron chi connectivity index (χ0n) is 11.9. The largest absolute Gasteiger partial charge is 0.312 e. The highest BCUT2D eigenvalue weighted by atomic mass is 79.9. The van der Waals surface area contributed by atoms with Crippen molar-refractivity contribution in [1.82, 2.24) is 20.1 Å². The monoisotopic (exact) mass is 354 g/mol. The Morgan fingerprint density at radius 2 is 2.20 bits per heavy atom. The molecule has 0 aliphatic heterocycles. The first-order valence-corrected chi connectivity index (χ1v) is 8.18. The molecule has 108 valence electrons. The average Bonchev–Trinajstić information content (AvgIpc) is 2.78.